The molecule has 28 heavy (non-hydrogen) atoms. The fraction of sp³-hybridized carbons (Fsp3) is 0.500. The van der Waals surface area contributed by atoms with Crippen molar-refractivity contribution >= 4 is 11.9 Å². The number of hydrogen-bond donors (Lipinski definition) is 2. The molecule has 1 aromatic rings. The molecule has 1 aromatic carbocycles. The Bertz CT molecular complexity index is 651. The first-order chi connectivity index (χ1) is 13.4. The predicted molar refractivity (Wildman–Crippen MR) is 100 cm³/mol. The van der Waals surface area contributed by atoms with Crippen molar-refractivity contribution in [3.05, 3.63) is 48.6 Å². The lowest BCUT2D eigenvalue weighted by Gasteiger charge is -2.43. The zero-order chi connectivity index (χ0) is 20.5. The van der Waals surface area contributed by atoms with E-state index >= 15 is 0 Å². The van der Waals surface area contributed by atoms with E-state index in [2.05, 4.69) is 11.9 Å². The summed E-state index contributed by atoms with van der Waals surface area (Å²) in [6, 6.07) is 8.64. The number of benzene rings is 1. The van der Waals surface area contributed by atoms with E-state index in [0.717, 1.165) is 5.56 Å². The van der Waals surface area contributed by atoms with Gasteiger partial charge in [0.25, 0.3) is 0 Å². The van der Waals surface area contributed by atoms with Crippen LogP contribution in [0.4, 0.5) is 0 Å². The Hall–Kier alpha value is -2.26. The molecule has 8 nitrogen and oxygen atoms in total. The van der Waals surface area contributed by atoms with Gasteiger partial charge in [-0.05, 0) is 5.56 Å². The van der Waals surface area contributed by atoms with Gasteiger partial charge >= 0.3 is 5.97 Å². The van der Waals surface area contributed by atoms with Gasteiger partial charge in [0.15, 0.2) is 12.4 Å². The average molecular weight is 393 g/mol. The highest BCUT2D eigenvalue weighted by molar-refractivity contribution is 5.73. The van der Waals surface area contributed by atoms with Crippen LogP contribution in [0.3, 0.4) is 0 Å². The van der Waals surface area contributed by atoms with Crippen molar-refractivity contribution < 1.29 is 33.6 Å². The first kappa shape index (κ1) is 22.0. The standard InChI is InChI=1S/C20H27NO7/c1-4-10-26-20-17(21-13(2)22)18(24)19(27-14(3)23)16(28-20)12-25-11-15-8-6-5-7-9-15/h4-9,16-20,24H,1,10-12H2,2-3H3,(H,21,22)/t16-,17-,18-,19-,20-/m1/s1. The molecule has 0 saturated carbocycles. The van der Waals surface area contributed by atoms with E-state index in [0.29, 0.717) is 6.61 Å². The number of hydrogen-bond acceptors (Lipinski definition) is 7. The molecule has 1 fully saturated rings. The van der Waals surface area contributed by atoms with Crippen molar-refractivity contribution in [3.63, 3.8) is 0 Å². The molecule has 0 aromatic heterocycles. The summed E-state index contributed by atoms with van der Waals surface area (Å²) in [6.07, 6.45) is -2.45. The zero-order valence-electron chi connectivity index (χ0n) is 16.1. The van der Waals surface area contributed by atoms with Gasteiger partial charge in [0.2, 0.25) is 5.91 Å². The van der Waals surface area contributed by atoms with E-state index in [1.165, 1.54) is 19.9 Å². The maximum Gasteiger partial charge on any atom is 0.303 e. The summed E-state index contributed by atoms with van der Waals surface area (Å²) in [5.74, 6) is -0.951. The van der Waals surface area contributed by atoms with Gasteiger partial charge in [-0.25, -0.2) is 0 Å². The topological polar surface area (TPSA) is 103 Å². The molecule has 0 unspecified atom stereocenters. The van der Waals surface area contributed by atoms with Crippen LogP contribution >= 0.6 is 0 Å². The molecule has 5 atom stereocenters. The summed E-state index contributed by atoms with van der Waals surface area (Å²) in [4.78, 5) is 23.0. The number of nitrogens with one attached hydrogen (secondary N) is 1. The molecule has 0 spiro atoms. The summed E-state index contributed by atoms with van der Waals surface area (Å²) in [5, 5.41) is 13.3. The molecule has 2 rings (SSSR count). The van der Waals surface area contributed by atoms with Crippen LogP contribution in [0.1, 0.15) is 19.4 Å². The summed E-state index contributed by atoms with van der Waals surface area (Å²) in [6.45, 7) is 6.68. The van der Waals surface area contributed by atoms with Crippen molar-refractivity contribution in [2.24, 2.45) is 0 Å². The minimum atomic E-state index is -1.23. The molecule has 1 heterocycles. The Morgan fingerprint density at radius 2 is 2.00 bits per heavy atom. The number of esters is 1. The molecule has 1 amide bonds. The number of carbonyl (C=O) groups is 2. The lowest BCUT2D eigenvalue weighted by atomic mass is 9.96. The third kappa shape index (κ3) is 6.42. The van der Waals surface area contributed by atoms with Gasteiger partial charge in [-0.15, -0.1) is 6.58 Å². The number of aliphatic hydroxyl groups is 1. The lowest BCUT2D eigenvalue weighted by molar-refractivity contribution is -0.274. The molecule has 1 aliphatic rings. The Kier molecular flexibility index (Phi) is 8.59. The lowest BCUT2D eigenvalue weighted by Crippen LogP contribution is -2.65. The van der Waals surface area contributed by atoms with Crippen molar-refractivity contribution in [2.45, 2.75) is 51.1 Å². The Morgan fingerprint density at radius 1 is 1.29 bits per heavy atom. The van der Waals surface area contributed by atoms with E-state index in [9.17, 15) is 14.7 Å². The maximum absolute atomic E-state index is 11.5. The average Bonchev–Trinajstić information content (AvgIpc) is 2.65. The highest BCUT2D eigenvalue weighted by Gasteiger charge is 2.48. The van der Waals surface area contributed by atoms with Gasteiger partial charge in [0.1, 0.15) is 18.2 Å². The maximum atomic E-state index is 11.5. The number of ether oxygens (including phenoxy) is 4. The predicted octanol–water partition coefficient (Wildman–Crippen LogP) is 0.928. The van der Waals surface area contributed by atoms with Crippen molar-refractivity contribution in [1.82, 2.24) is 5.32 Å². The van der Waals surface area contributed by atoms with Crippen LogP contribution in [0.15, 0.2) is 43.0 Å². The van der Waals surface area contributed by atoms with E-state index in [1.54, 1.807) is 0 Å². The van der Waals surface area contributed by atoms with Crippen LogP contribution in [0.25, 0.3) is 0 Å². The van der Waals surface area contributed by atoms with E-state index in [4.69, 9.17) is 18.9 Å². The quantitative estimate of drug-likeness (QED) is 0.475. The second kappa shape index (κ2) is 10.9. The van der Waals surface area contributed by atoms with Crippen LogP contribution in [-0.2, 0) is 35.1 Å². The smallest absolute Gasteiger partial charge is 0.303 e. The molecule has 0 radical (unpaired) electrons. The van der Waals surface area contributed by atoms with Crippen LogP contribution in [0, 0.1) is 0 Å². The Balaban J connectivity index is 2.11. The molecule has 2 N–H and O–H groups in total. The fourth-order valence-corrected chi connectivity index (χ4v) is 2.95. The second-order valence-corrected chi connectivity index (χ2v) is 6.46. The molecular formula is C20H27NO7. The molecule has 1 aliphatic heterocycles. The summed E-state index contributed by atoms with van der Waals surface area (Å²) < 4.78 is 22.4. The van der Waals surface area contributed by atoms with Crippen LogP contribution in [0.2, 0.25) is 0 Å². The van der Waals surface area contributed by atoms with Gasteiger partial charge in [-0.2, -0.15) is 0 Å². The highest BCUT2D eigenvalue weighted by Crippen LogP contribution is 2.25. The fourth-order valence-electron chi connectivity index (χ4n) is 2.95. The number of rotatable bonds is 9. The normalized spacial score (nSPS) is 27.0. The van der Waals surface area contributed by atoms with Gasteiger partial charge < -0.3 is 29.4 Å². The molecule has 1 saturated heterocycles. The minimum Gasteiger partial charge on any atom is -0.457 e. The molecule has 0 bridgehead atoms. The molecule has 154 valence electrons. The largest absolute Gasteiger partial charge is 0.457 e. The zero-order valence-corrected chi connectivity index (χ0v) is 16.1. The first-order valence-corrected chi connectivity index (χ1v) is 9.04. The van der Waals surface area contributed by atoms with Crippen molar-refractivity contribution in [3.8, 4) is 0 Å². The third-order valence-electron chi connectivity index (χ3n) is 4.12. The van der Waals surface area contributed by atoms with Crippen molar-refractivity contribution in [1.29, 1.82) is 0 Å². The summed E-state index contributed by atoms with van der Waals surface area (Å²) >= 11 is 0. The summed E-state index contributed by atoms with van der Waals surface area (Å²) in [5.41, 5.74) is 0.971. The third-order valence-corrected chi connectivity index (χ3v) is 4.12. The van der Waals surface area contributed by atoms with Gasteiger partial charge in [-0.3, -0.25) is 9.59 Å². The van der Waals surface area contributed by atoms with Gasteiger partial charge in [-0.1, -0.05) is 36.4 Å². The number of carbonyl (C=O) groups excluding carboxylic acids is 2. The molecular weight excluding hydrogens is 366 g/mol. The molecule has 8 heteroatoms. The van der Waals surface area contributed by atoms with Gasteiger partial charge in [0.05, 0.1) is 19.8 Å². The van der Waals surface area contributed by atoms with E-state index in [1.807, 2.05) is 30.3 Å². The minimum absolute atomic E-state index is 0.0602. The van der Waals surface area contributed by atoms with E-state index < -0.39 is 36.6 Å². The number of aliphatic hydroxyl groups excluding tert-OH is 1. The second-order valence-electron chi connectivity index (χ2n) is 6.46. The first-order valence-electron chi connectivity index (χ1n) is 9.04. The SMILES string of the molecule is C=CCO[C@@H]1O[C@H](COCc2ccccc2)[C@@H](OC(C)=O)[C@H](O)[C@H]1NC(C)=O. The Morgan fingerprint density at radius 3 is 2.61 bits per heavy atom. The monoisotopic (exact) mass is 393 g/mol. The summed E-state index contributed by atoms with van der Waals surface area (Å²) in [7, 11) is 0. The van der Waals surface area contributed by atoms with Gasteiger partial charge in [0, 0.05) is 13.8 Å². The van der Waals surface area contributed by atoms with Crippen LogP contribution in [-0.4, -0.2) is 60.8 Å². The van der Waals surface area contributed by atoms with Crippen LogP contribution < -0.4 is 5.32 Å². The van der Waals surface area contributed by atoms with E-state index in [-0.39, 0.29) is 19.1 Å². The van der Waals surface area contributed by atoms with Crippen LogP contribution in [0.5, 0.6) is 0 Å². The highest BCUT2D eigenvalue weighted by atomic mass is 16.7. The number of amides is 1. The van der Waals surface area contributed by atoms with Crippen molar-refractivity contribution in [2.75, 3.05) is 13.2 Å². The molecule has 0 aliphatic carbocycles. The Labute approximate surface area is 164 Å².